The minimum Gasteiger partial charge on any atom is -0.294 e. The highest BCUT2D eigenvalue weighted by Gasteiger charge is 2.56. The van der Waals surface area contributed by atoms with Gasteiger partial charge in [-0.3, -0.25) is 14.4 Å². The Balaban J connectivity index is 2.18. The van der Waals surface area contributed by atoms with E-state index in [-0.39, 0.29) is 17.3 Å². The lowest BCUT2D eigenvalue weighted by atomic mass is 9.56. The fourth-order valence-electron chi connectivity index (χ4n) is 3.57. The molecule has 22 heavy (non-hydrogen) atoms. The van der Waals surface area contributed by atoms with Gasteiger partial charge >= 0.3 is 0 Å². The molecule has 2 unspecified atom stereocenters. The van der Waals surface area contributed by atoms with Crippen LogP contribution >= 0.6 is 0 Å². The number of ketones is 3. The van der Waals surface area contributed by atoms with Crippen molar-refractivity contribution in [1.29, 1.82) is 0 Å². The van der Waals surface area contributed by atoms with E-state index >= 15 is 0 Å². The molecule has 0 aliphatic heterocycles. The van der Waals surface area contributed by atoms with Crippen LogP contribution in [0, 0.1) is 11.3 Å². The molecular weight excluding hydrogens is 276 g/mol. The van der Waals surface area contributed by atoms with Crippen LogP contribution in [0.3, 0.4) is 0 Å². The Morgan fingerprint density at radius 2 is 1.73 bits per heavy atom. The zero-order valence-corrected chi connectivity index (χ0v) is 12.8. The molecule has 0 saturated carbocycles. The standard InChI is InChI=1S/C19H18O3/c1-12-10-15-16(20)8-9-17(21)19(15,11-13(12)2)18(22)14-6-4-3-5-7-14/h3-9,15H,10-11H2,1-2H3. The number of hydrogen-bond donors (Lipinski definition) is 0. The molecule has 0 aromatic heterocycles. The second-order valence-electron chi connectivity index (χ2n) is 6.26. The van der Waals surface area contributed by atoms with Gasteiger partial charge in [-0.25, -0.2) is 0 Å². The Morgan fingerprint density at radius 1 is 1.05 bits per heavy atom. The Labute approximate surface area is 129 Å². The molecule has 3 heteroatoms. The van der Waals surface area contributed by atoms with E-state index in [0.29, 0.717) is 18.4 Å². The van der Waals surface area contributed by atoms with Crippen molar-refractivity contribution >= 4 is 17.3 Å². The van der Waals surface area contributed by atoms with E-state index in [1.165, 1.54) is 12.2 Å². The van der Waals surface area contributed by atoms with Crippen molar-refractivity contribution in [2.45, 2.75) is 26.7 Å². The number of fused-ring (bicyclic) bond motifs is 1. The highest BCUT2D eigenvalue weighted by Crippen LogP contribution is 2.49. The van der Waals surface area contributed by atoms with Crippen molar-refractivity contribution in [1.82, 2.24) is 0 Å². The summed E-state index contributed by atoms with van der Waals surface area (Å²) in [6, 6.07) is 8.81. The lowest BCUT2D eigenvalue weighted by Gasteiger charge is -2.42. The Kier molecular flexibility index (Phi) is 3.44. The predicted octanol–water partition coefficient (Wildman–Crippen LogP) is 3.31. The quantitative estimate of drug-likeness (QED) is 0.477. The summed E-state index contributed by atoms with van der Waals surface area (Å²) >= 11 is 0. The van der Waals surface area contributed by atoms with Gasteiger partial charge in [0.1, 0.15) is 5.41 Å². The second kappa shape index (κ2) is 5.16. The van der Waals surface area contributed by atoms with Gasteiger partial charge in [-0.15, -0.1) is 0 Å². The van der Waals surface area contributed by atoms with Gasteiger partial charge in [0.25, 0.3) is 0 Å². The van der Waals surface area contributed by atoms with Crippen molar-refractivity contribution in [2.75, 3.05) is 0 Å². The monoisotopic (exact) mass is 294 g/mol. The van der Waals surface area contributed by atoms with Gasteiger partial charge in [0.05, 0.1) is 0 Å². The van der Waals surface area contributed by atoms with Crippen LogP contribution in [0.2, 0.25) is 0 Å². The summed E-state index contributed by atoms with van der Waals surface area (Å²) in [5.41, 5.74) is 1.39. The number of benzene rings is 1. The van der Waals surface area contributed by atoms with Crippen LogP contribution < -0.4 is 0 Å². The van der Waals surface area contributed by atoms with Crippen LogP contribution in [0.1, 0.15) is 37.0 Å². The van der Waals surface area contributed by atoms with E-state index in [2.05, 4.69) is 0 Å². The van der Waals surface area contributed by atoms with Gasteiger partial charge in [-0.05, 0) is 38.8 Å². The first kappa shape index (κ1) is 14.6. The Bertz CT molecular complexity index is 724. The lowest BCUT2D eigenvalue weighted by molar-refractivity contribution is -0.133. The number of hydrogen-bond acceptors (Lipinski definition) is 3. The molecule has 1 aromatic carbocycles. The maximum atomic E-state index is 13.1. The molecular formula is C19H18O3. The van der Waals surface area contributed by atoms with Gasteiger partial charge in [-0.1, -0.05) is 41.5 Å². The molecule has 112 valence electrons. The number of carbonyl (C=O) groups excluding carboxylic acids is 3. The average molecular weight is 294 g/mol. The highest BCUT2D eigenvalue weighted by atomic mass is 16.2. The van der Waals surface area contributed by atoms with Gasteiger partial charge in [0.2, 0.25) is 0 Å². The van der Waals surface area contributed by atoms with Gasteiger partial charge in [0.15, 0.2) is 17.3 Å². The van der Waals surface area contributed by atoms with Crippen molar-refractivity contribution in [3.63, 3.8) is 0 Å². The SMILES string of the molecule is CC1=C(C)CC2(C(=O)c3ccccc3)C(=O)C=CC(=O)C2C1. The number of allylic oxidation sites excluding steroid dienone is 4. The predicted molar refractivity (Wildman–Crippen MR) is 83.5 cm³/mol. The topological polar surface area (TPSA) is 51.2 Å². The second-order valence-corrected chi connectivity index (χ2v) is 6.26. The average Bonchev–Trinajstić information content (AvgIpc) is 2.53. The van der Waals surface area contributed by atoms with E-state index in [1.807, 2.05) is 19.9 Å². The van der Waals surface area contributed by atoms with E-state index in [0.717, 1.165) is 11.1 Å². The third kappa shape index (κ3) is 2.00. The van der Waals surface area contributed by atoms with Crippen LogP contribution in [-0.2, 0) is 9.59 Å². The Hall–Kier alpha value is -2.29. The molecule has 2 aliphatic rings. The maximum absolute atomic E-state index is 13.1. The first-order chi connectivity index (χ1) is 10.5. The lowest BCUT2D eigenvalue weighted by Crippen LogP contribution is -2.51. The molecule has 0 bridgehead atoms. The van der Waals surface area contributed by atoms with Crippen LogP contribution in [0.25, 0.3) is 0 Å². The minimum absolute atomic E-state index is 0.115. The maximum Gasteiger partial charge on any atom is 0.177 e. The molecule has 2 aliphatic carbocycles. The van der Waals surface area contributed by atoms with Crippen molar-refractivity contribution < 1.29 is 14.4 Å². The highest BCUT2D eigenvalue weighted by molar-refractivity contribution is 6.24. The first-order valence-electron chi connectivity index (χ1n) is 7.48. The van der Waals surface area contributed by atoms with Crippen LogP contribution in [-0.4, -0.2) is 17.3 Å². The van der Waals surface area contributed by atoms with E-state index in [1.54, 1.807) is 24.3 Å². The smallest absolute Gasteiger partial charge is 0.177 e. The van der Waals surface area contributed by atoms with Crippen LogP contribution in [0.15, 0.2) is 53.6 Å². The number of rotatable bonds is 2. The molecule has 0 N–H and O–H groups in total. The molecule has 0 fully saturated rings. The van der Waals surface area contributed by atoms with Gasteiger partial charge < -0.3 is 0 Å². The Morgan fingerprint density at radius 3 is 2.41 bits per heavy atom. The van der Waals surface area contributed by atoms with E-state index in [4.69, 9.17) is 0 Å². The third-order valence-corrected chi connectivity index (χ3v) is 5.00. The molecule has 3 rings (SSSR count). The summed E-state index contributed by atoms with van der Waals surface area (Å²) in [6.45, 7) is 3.92. The molecule has 0 spiro atoms. The molecule has 2 atom stereocenters. The van der Waals surface area contributed by atoms with Crippen molar-refractivity contribution in [2.24, 2.45) is 11.3 Å². The summed E-state index contributed by atoms with van der Waals surface area (Å²) in [7, 11) is 0. The minimum atomic E-state index is -1.25. The van der Waals surface area contributed by atoms with E-state index < -0.39 is 11.3 Å². The van der Waals surface area contributed by atoms with Crippen molar-refractivity contribution in [3.05, 3.63) is 59.2 Å². The normalized spacial score (nSPS) is 27.8. The van der Waals surface area contributed by atoms with Gasteiger partial charge in [0, 0.05) is 11.5 Å². The van der Waals surface area contributed by atoms with Gasteiger partial charge in [-0.2, -0.15) is 0 Å². The molecule has 0 radical (unpaired) electrons. The molecule has 0 saturated heterocycles. The summed E-state index contributed by atoms with van der Waals surface area (Å²) < 4.78 is 0. The van der Waals surface area contributed by atoms with Crippen LogP contribution in [0.4, 0.5) is 0 Å². The summed E-state index contributed by atoms with van der Waals surface area (Å²) in [5.74, 6) is -1.15. The van der Waals surface area contributed by atoms with Crippen molar-refractivity contribution in [3.8, 4) is 0 Å². The summed E-state index contributed by atoms with van der Waals surface area (Å²) in [6.07, 6.45) is 3.44. The molecule has 3 nitrogen and oxygen atoms in total. The van der Waals surface area contributed by atoms with Crippen LogP contribution in [0.5, 0.6) is 0 Å². The fraction of sp³-hybridized carbons (Fsp3) is 0.316. The zero-order valence-electron chi connectivity index (χ0n) is 12.8. The number of carbonyl (C=O) groups is 3. The van der Waals surface area contributed by atoms with E-state index in [9.17, 15) is 14.4 Å². The molecule has 1 aromatic rings. The largest absolute Gasteiger partial charge is 0.294 e. The third-order valence-electron chi connectivity index (χ3n) is 5.00. The number of Topliss-reactive ketones (excluding diaryl/α,β-unsaturated/α-hetero) is 1. The summed E-state index contributed by atoms with van der Waals surface area (Å²) in [4.78, 5) is 38.2. The zero-order chi connectivity index (χ0) is 15.9. The molecule has 0 amide bonds. The summed E-state index contributed by atoms with van der Waals surface area (Å²) in [5, 5.41) is 0. The first-order valence-corrected chi connectivity index (χ1v) is 7.48. The molecule has 0 heterocycles. The fourth-order valence-corrected chi connectivity index (χ4v) is 3.57.